The maximum atomic E-state index is 12.0. The number of nitrogens with zero attached hydrogens (tertiary/aromatic N) is 2. The molecule has 2 aromatic heterocycles. The van der Waals surface area contributed by atoms with Crippen molar-refractivity contribution in [2.75, 3.05) is 5.90 Å². The third kappa shape index (κ3) is 3.37. The first-order chi connectivity index (χ1) is 8.92. The topological polar surface area (TPSA) is 88.0 Å². The Bertz CT molecular complexity index is 591. The Morgan fingerprint density at radius 3 is 1.32 bits per heavy atom. The maximum absolute atomic E-state index is 12.0. The molecule has 0 aliphatic rings. The van der Waals surface area contributed by atoms with Crippen LogP contribution in [0.3, 0.4) is 0 Å². The van der Waals surface area contributed by atoms with E-state index in [1.165, 1.54) is 49.1 Å². The molecule has 0 N–H and O–H groups in total. The molecule has 0 saturated heterocycles. The van der Waals surface area contributed by atoms with Crippen LogP contribution in [-0.2, 0) is 9.13 Å². The molecule has 0 spiro atoms. The van der Waals surface area contributed by atoms with Crippen LogP contribution in [0.25, 0.3) is 0 Å². The van der Waals surface area contributed by atoms with Gasteiger partial charge in [-0.05, 0) is 0 Å². The van der Waals surface area contributed by atoms with Gasteiger partial charge in [-0.2, -0.15) is 8.68 Å². The number of rotatable bonds is 4. The second-order valence-corrected chi connectivity index (χ2v) is 8.53. The van der Waals surface area contributed by atoms with Crippen LogP contribution in [0.5, 0.6) is 0 Å². The molecule has 2 heterocycles. The van der Waals surface area contributed by atoms with Gasteiger partial charge in [0.1, 0.15) is 5.90 Å². The second-order valence-electron chi connectivity index (χ2n) is 3.93. The quantitative estimate of drug-likeness (QED) is 0.726. The minimum Gasteiger partial charge on any atom is -0.745 e. The van der Waals surface area contributed by atoms with Crippen LogP contribution >= 0.6 is 15.0 Å². The minimum absolute atomic E-state index is 0.918. The van der Waals surface area contributed by atoms with E-state index in [0.29, 0.717) is 0 Å². The Labute approximate surface area is 110 Å². The van der Waals surface area contributed by atoms with Crippen LogP contribution in [0.1, 0.15) is 0 Å². The van der Waals surface area contributed by atoms with E-state index in [1.54, 1.807) is 12.1 Å². The maximum Gasteiger partial charge on any atom is 0.278 e. The van der Waals surface area contributed by atoms with Gasteiger partial charge in [0.2, 0.25) is 0 Å². The van der Waals surface area contributed by atoms with E-state index in [2.05, 4.69) is 0 Å². The first-order valence-corrected chi connectivity index (χ1v) is 8.99. The molecule has 0 fully saturated rings. The van der Waals surface area contributed by atoms with Crippen LogP contribution in [-0.4, -0.2) is 5.90 Å². The summed E-state index contributed by atoms with van der Waals surface area (Å²) in [5.74, 6) is -0.941. The van der Waals surface area contributed by atoms with Gasteiger partial charge in [-0.3, -0.25) is 9.13 Å². The van der Waals surface area contributed by atoms with E-state index < -0.39 is 20.9 Å². The zero-order valence-electron chi connectivity index (χ0n) is 9.90. The third-order valence-electron chi connectivity index (χ3n) is 2.46. The summed E-state index contributed by atoms with van der Waals surface area (Å²) in [6.45, 7) is 0. The van der Waals surface area contributed by atoms with E-state index in [4.69, 9.17) is 0 Å². The fraction of sp³-hybridized carbons (Fsp3) is 0.0909. The highest BCUT2D eigenvalue weighted by molar-refractivity contribution is 7.67. The Balaban J connectivity index is 2.31. The average Bonchev–Trinajstić information content (AvgIpc) is 2.40. The first kappa shape index (κ1) is 14.1. The van der Waals surface area contributed by atoms with Gasteiger partial charge < -0.3 is 9.79 Å². The molecule has 0 aliphatic carbocycles. The average molecular weight is 298 g/mol. The number of hydrogen-bond donors (Lipinski definition) is 0. The molecule has 0 bridgehead atoms. The standard InChI is InChI=1S/C11H12N2O4P2/c14-18(15,12-7-3-1-4-8-12)11-19(16,17)13-9-5-2-6-10-13/h1-10H,11H2. The van der Waals surface area contributed by atoms with Crippen molar-refractivity contribution >= 4 is 15.0 Å². The third-order valence-corrected chi connectivity index (χ3v) is 7.26. The van der Waals surface area contributed by atoms with E-state index in [0.717, 1.165) is 8.68 Å². The lowest BCUT2D eigenvalue weighted by Crippen LogP contribution is -2.43. The molecular weight excluding hydrogens is 286 g/mol. The summed E-state index contributed by atoms with van der Waals surface area (Å²) in [5.41, 5.74) is 0. The Hall–Kier alpha value is -1.32. The van der Waals surface area contributed by atoms with Crippen LogP contribution in [0.4, 0.5) is 0 Å². The second kappa shape index (κ2) is 5.35. The molecule has 2 atom stereocenters. The van der Waals surface area contributed by atoms with Crippen LogP contribution < -0.4 is 18.5 Å². The number of pyridine rings is 2. The summed E-state index contributed by atoms with van der Waals surface area (Å²) in [6, 6.07) is 9.40. The Morgan fingerprint density at radius 1 is 0.684 bits per heavy atom. The highest BCUT2D eigenvalue weighted by Gasteiger charge is 2.32. The zero-order chi connectivity index (χ0) is 13.9. The summed E-state index contributed by atoms with van der Waals surface area (Å²) in [6.07, 6.45) is 5.24. The van der Waals surface area contributed by atoms with Gasteiger partial charge in [-0.1, -0.05) is 12.1 Å². The molecule has 0 amide bonds. The fourth-order valence-corrected chi connectivity index (χ4v) is 5.65. The van der Waals surface area contributed by atoms with Crippen molar-refractivity contribution in [2.24, 2.45) is 0 Å². The SMILES string of the molecule is O=P([O-])(CP(=O)([O-])[n+]1ccccc1)[n+]1ccccc1. The summed E-state index contributed by atoms with van der Waals surface area (Å²) in [4.78, 5) is 24.1. The smallest absolute Gasteiger partial charge is 0.278 e. The molecule has 100 valence electrons. The highest BCUT2D eigenvalue weighted by atomic mass is 31.2. The van der Waals surface area contributed by atoms with E-state index in [1.807, 2.05) is 0 Å². The van der Waals surface area contributed by atoms with Gasteiger partial charge in [0.25, 0.3) is 15.0 Å². The molecule has 6 nitrogen and oxygen atoms in total. The van der Waals surface area contributed by atoms with Crippen LogP contribution in [0.15, 0.2) is 61.2 Å². The van der Waals surface area contributed by atoms with Crippen molar-refractivity contribution in [1.29, 1.82) is 0 Å². The number of hydrogen-bond acceptors (Lipinski definition) is 4. The first-order valence-electron chi connectivity index (χ1n) is 5.46. The molecule has 0 radical (unpaired) electrons. The molecule has 2 aromatic rings. The normalized spacial score (nSPS) is 17.4. The Kier molecular flexibility index (Phi) is 3.97. The lowest BCUT2D eigenvalue weighted by molar-refractivity contribution is -0.567. The van der Waals surface area contributed by atoms with Crippen molar-refractivity contribution in [3.63, 3.8) is 0 Å². The summed E-state index contributed by atoms with van der Waals surface area (Å²) in [5, 5.41) is 0. The van der Waals surface area contributed by atoms with Crippen molar-refractivity contribution in [3.05, 3.63) is 61.2 Å². The van der Waals surface area contributed by atoms with Gasteiger partial charge in [-0.25, -0.2) is 0 Å². The minimum atomic E-state index is -4.26. The predicted molar refractivity (Wildman–Crippen MR) is 64.2 cm³/mol. The largest absolute Gasteiger partial charge is 0.745 e. The summed E-state index contributed by atoms with van der Waals surface area (Å²) >= 11 is 0. The van der Waals surface area contributed by atoms with Crippen molar-refractivity contribution in [2.45, 2.75) is 0 Å². The van der Waals surface area contributed by atoms with Crippen LogP contribution in [0, 0.1) is 0 Å². The molecule has 2 rings (SSSR count). The van der Waals surface area contributed by atoms with E-state index in [9.17, 15) is 18.9 Å². The monoisotopic (exact) mass is 298 g/mol. The lowest BCUT2D eigenvalue weighted by Gasteiger charge is -2.22. The molecule has 8 heteroatoms. The number of aromatic nitrogens is 2. The molecule has 19 heavy (non-hydrogen) atoms. The highest BCUT2D eigenvalue weighted by Crippen LogP contribution is 2.45. The predicted octanol–water partition coefficient (Wildman–Crippen LogP) is -0.278. The van der Waals surface area contributed by atoms with Gasteiger partial charge in [0, 0.05) is 24.3 Å². The van der Waals surface area contributed by atoms with Crippen molar-refractivity contribution in [3.8, 4) is 0 Å². The van der Waals surface area contributed by atoms with Crippen molar-refractivity contribution in [1.82, 2.24) is 0 Å². The van der Waals surface area contributed by atoms with Gasteiger partial charge in [0.15, 0.2) is 24.8 Å². The van der Waals surface area contributed by atoms with Gasteiger partial charge >= 0.3 is 0 Å². The molecule has 2 unspecified atom stereocenters. The molecule has 0 aromatic carbocycles. The van der Waals surface area contributed by atoms with E-state index in [-0.39, 0.29) is 0 Å². The molecule has 0 saturated carbocycles. The fourth-order valence-electron chi connectivity index (χ4n) is 1.56. The van der Waals surface area contributed by atoms with Crippen LogP contribution in [0.2, 0.25) is 0 Å². The molecule has 0 aliphatic heterocycles. The Morgan fingerprint density at radius 2 is 1.00 bits per heavy atom. The van der Waals surface area contributed by atoms with Gasteiger partial charge in [0.05, 0.1) is 0 Å². The zero-order valence-corrected chi connectivity index (χ0v) is 11.7. The summed E-state index contributed by atoms with van der Waals surface area (Å²) < 4.78 is 25.9. The summed E-state index contributed by atoms with van der Waals surface area (Å²) in [7, 11) is -8.52. The van der Waals surface area contributed by atoms with E-state index >= 15 is 0 Å². The van der Waals surface area contributed by atoms with Gasteiger partial charge in [-0.15, -0.1) is 0 Å². The molecular formula is C11H12N2O4P2. The lowest BCUT2D eigenvalue weighted by atomic mass is 10.5. The van der Waals surface area contributed by atoms with Crippen molar-refractivity contribution < 1.29 is 27.6 Å².